The summed E-state index contributed by atoms with van der Waals surface area (Å²) >= 11 is 9.62. The van der Waals surface area contributed by atoms with Gasteiger partial charge in [0.25, 0.3) is 0 Å². The molecule has 0 heterocycles. The lowest BCUT2D eigenvalue weighted by Crippen LogP contribution is -2.32. The number of rotatable bonds is 9. The van der Waals surface area contributed by atoms with Gasteiger partial charge in [-0.05, 0) is 29.9 Å². The third-order valence-corrected chi connectivity index (χ3v) is 7.06. The van der Waals surface area contributed by atoms with Crippen molar-refractivity contribution in [1.29, 1.82) is 0 Å². The van der Waals surface area contributed by atoms with Crippen LogP contribution in [0.5, 0.6) is 0 Å². The number of benzene rings is 1. The summed E-state index contributed by atoms with van der Waals surface area (Å²) in [5, 5.41) is 1.25. The van der Waals surface area contributed by atoms with Crippen molar-refractivity contribution in [2.75, 3.05) is 11.1 Å². The molecule has 0 amide bonds. The molecule has 120 valence electrons. The van der Waals surface area contributed by atoms with Crippen LogP contribution in [-0.2, 0) is 15.6 Å². The lowest BCUT2D eigenvalue weighted by Gasteiger charge is -2.31. The molecule has 0 saturated heterocycles. The molecule has 2 nitrogen and oxygen atoms in total. The Morgan fingerprint density at radius 1 is 1.14 bits per heavy atom. The van der Waals surface area contributed by atoms with Gasteiger partial charge in [-0.1, -0.05) is 72.4 Å². The standard InChI is InChI=1S/C16H24BrClO2S/c1-3-9-16(12-17,10-4-2)13-21(19,20)11-14-7-5-6-8-15(14)18/h5-8H,3-4,9-13H2,1-2H3. The van der Waals surface area contributed by atoms with Gasteiger partial charge in [0.15, 0.2) is 9.84 Å². The van der Waals surface area contributed by atoms with Gasteiger partial charge in [-0.2, -0.15) is 0 Å². The van der Waals surface area contributed by atoms with Gasteiger partial charge >= 0.3 is 0 Å². The third kappa shape index (κ3) is 5.91. The van der Waals surface area contributed by atoms with E-state index in [2.05, 4.69) is 29.8 Å². The fourth-order valence-electron chi connectivity index (χ4n) is 2.87. The summed E-state index contributed by atoms with van der Waals surface area (Å²) in [6.45, 7) is 4.21. The number of hydrogen-bond donors (Lipinski definition) is 0. The van der Waals surface area contributed by atoms with Crippen LogP contribution < -0.4 is 0 Å². The summed E-state index contributed by atoms with van der Waals surface area (Å²) in [4.78, 5) is 0. The van der Waals surface area contributed by atoms with Crippen molar-refractivity contribution in [3.05, 3.63) is 34.9 Å². The summed E-state index contributed by atoms with van der Waals surface area (Å²) in [5.41, 5.74) is 0.527. The highest BCUT2D eigenvalue weighted by Gasteiger charge is 2.33. The highest BCUT2D eigenvalue weighted by Crippen LogP contribution is 2.35. The largest absolute Gasteiger partial charge is 0.228 e. The molecule has 0 unspecified atom stereocenters. The molecule has 0 bridgehead atoms. The van der Waals surface area contributed by atoms with Crippen LogP contribution in [0.1, 0.15) is 45.1 Å². The van der Waals surface area contributed by atoms with Crippen LogP contribution in [0.3, 0.4) is 0 Å². The van der Waals surface area contributed by atoms with Gasteiger partial charge in [0.05, 0.1) is 11.5 Å². The molecule has 0 aliphatic carbocycles. The van der Waals surface area contributed by atoms with Crippen LogP contribution in [-0.4, -0.2) is 19.5 Å². The molecule has 0 aliphatic heterocycles. The fraction of sp³-hybridized carbons (Fsp3) is 0.625. The van der Waals surface area contributed by atoms with Crippen molar-refractivity contribution in [3.63, 3.8) is 0 Å². The summed E-state index contributed by atoms with van der Waals surface area (Å²) in [6.07, 6.45) is 3.84. The Morgan fingerprint density at radius 2 is 1.71 bits per heavy atom. The minimum atomic E-state index is -3.19. The van der Waals surface area contributed by atoms with Crippen LogP contribution in [0.15, 0.2) is 24.3 Å². The van der Waals surface area contributed by atoms with E-state index < -0.39 is 9.84 Å². The van der Waals surface area contributed by atoms with Crippen molar-refractivity contribution in [2.24, 2.45) is 5.41 Å². The van der Waals surface area contributed by atoms with E-state index in [0.717, 1.165) is 31.0 Å². The molecule has 0 N–H and O–H groups in total. The van der Waals surface area contributed by atoms with Gasteiger partial charge < -0.3 is 0 Å². The Balaban J connectivity index is 2.93. The van der Waals surface area contributed by atoms with Crippen LogP contribution in [0, 0.1) is 5.41 Å². The molecule has 1 aromatic rings. The van der Waals surface area contributed by atoms with Gasteiger partial charge in [-0.3, -0.25) is 0 Å². The smallest absolute Gasteiger partial charge is 0.155 e. The molecule has 0 saturated carbocycles. The van der Waals surface area contributed by atoms with Crippen molar-refractivity contribution in [2.45, 2.75) is 45.3 Å². The van der Waals surface area contributed by atoms with E-state index >= 15 is 0 Å². The topological polar surface area (TPSA) is 34.1 Å². The predicted molar refractivity (Wildman–Crippen MR) is 95.0 cm³/mol. The predicted octanol–water partition coefficient (Wildman–Crippen LogP) is 5.24. The molecule has 0 atom stereocenters. The summed E-state index contributed by atoms with van der Waals surface area (Å²) < 4.78 is 25.2. The molecule has 1 aromatic carbocycles. The van der Waals surface area contributed by atoms with E-state index in [0.29, 0.717) is 10.6 Å². The average molecular weight is 396 g/mol. The first-order valence-electron chi connectivity index (χ1n) is 7.38. The Hall–Kier alpha value is -0.0600. The first kappa shape index (κ1) is 19.0. The highest BCUT2D eigenvalue weighted by molar-refractivity contribution is 9.09. The van der Waals surface area contributed by atoms with Crippen molar-refractivity contribution < 1.29 is 8.42 Å². The van der Waals surface area contributed by atoms with Gasteiger partial charge in [0.1, 0.15) is 0 Å². The van der Waals surface area contributed by atoms with E-state index in [1.165, 1.54) is 0 Å². The van der Waals surface area contributed by atoms with Crippen molar-refractivity contribution >= 4 is 37.4 Å². The van der Waals surface area contributed by atoms with Gasteiger partial charge in [0, 0.05) is 10.4 Å². The normalized spacial score (nSPS) is 12.6. The molecular formula is C16H24BrClO2S. The zero-order valence-corrected chi connectivity index (χ0v) is 15.9. The molecule has 0 aromatic heterocycles. The second-order valence-electron chi connectivity index (χ2n) is 5.76. The SMILES string of the molecule is CCCC(CBr)(CCC)CS(=O)(=O)Cc1ccccc1Cl. The number of sulfone groups is 1. The quantitative estimate of drug-likeness (QED) is 0.536. The first-order chi connectivity index (χ1) is 9.88. The molecule has 21 heavy (non-hydrogen) atoms. The van der Waals surface area contributed by atoms with Gasteiger partial charge in [-0.15, -0.1) is 0 Å². The minimum absolute atomic E-state index is 0.0227. The third-order valence-electron chi connectivity index (χ3n) is 3.70. The lowest BCUT2D eigenvalue weighted by molar-refractivity contribution is 0.313. The number of alkyl halides is 1. The minimum Gasteiger partial charge on any atom is -0.228 e. The Kier molecular flexibility index (Phi) is 7.72. The molecule has 1 rings (SSSR count). The average Bonchev–Trinajstić information content (AvgIpc) is 2.41. The number of hydrogen-bond acceptors (Lipinski definition) is 2. The Bertz CT molecular complexity index is 537. The van der Waals surface area contributed by atoms with Crippen LogP contribution in [0.4, 0.5) is 0 Å². The van der Waals surface area contributed by atoms with Gasteiger partial charge in [0.2, 0.25) is 0 Å². The van der Waals surface area contributed by atoms with Gasteiger partial charge in [-0.25, -0.2) is 8.42 Å². The van der Waals surface area contributed by atoms with E-state index in [4.69, 9.17) is 11.6 Å². The molecular weight excluding hydrogens is 372 g/mol. The number of halogens is 2. The second kappa shape index (κ2) is 8.54. The Morgan fingerprint density at radius 3 is 2.19 bits per heavy atom. The molecule has 0 spiro atoms. The van der Waals surface area contributed by atoms with Crippen molar-refractivity contribution in [1.82, 2.24) is 0 Å². The Labute approximate surface area is 142 Å². The molecule has 0 fully saturated rings. The summed E-state index contributed by atoms with van der Waals surface area (Å²) in [5.74, 6) is 0.243. The van der Waals surface area contributed by atoms with Crippen molar-refractivity contribution in [3.8, 4) is 0 Å². The van der Waals surface area contributed by atoms with Crippen LogP contribution >= 0.6 is 27.5 Å². The molecule has 5 heteroatoms. The zero-order valence-electron chi connectivity index (χ0n) is 12.7. The van der Waals surface area contributed by atoms with E-state index in [9.17, 15) is 8.42 Å². The molecule has 0 aliphatic rings. The maximum Gasteiger partial charge on any atom is 0.155 e. The molecule has 0 radical (unpaired) electrons. The fourth-order valence-corrected chi connectivity index (χ4v) is 6.33. The summed E-state index contributed by atoms with van der Waals surface area (Å²) in [7, 11) is -3.19. The highest BCUT2D eigenvalue weighted by atomic mass is 79.9. The zero-order chi connectivity index (χ0) is 15.9. The lowest BCUT2D eigenvalue weighted by atomic mass is 9.83. The van der Waals surface area contributed by atoms with Crippen LogP contribution in [0.25, 0.3) is 0 Å². The van der Waals surface area contributed by atoms with E-state index in [1.54, 1.807) is 12.1 Å². The maximum atomic E-state index is 12.6. The first-order valence-corrected chi connectivity index (χ1v) is 10.7. The maximum absolute atomic E-state index is 12.6. The summed E-state index contributed by atoms with van der Waals surface area (Å²) in [6, 6.07) is 7.17. The second-order valence-corrected chi connectivity index (χ2v) is 8.79. The van der Waals surface area contributed by atoms with Crippen LogP contribution in [0.2, 0.25) is 5.02 Å². The van der Waals surface area contributed by atoms with E-state index in [1.807, 2.05) is 12.1 Å². The monoisotopic (exact) mass is 394 g/mol. The van der Waals surface area contributed by atoms with E-state index in [-0.39, 0.29) is 16.9 Å².